The number of aryl methyl sites for hydroxylation is 1. The number of aromatic nitrogens is 1. The molecular weight excluding hydrogens is 272 g/mol. The monoisotopic (exact) mass is 290 g/mol. The Morgan fingerprint density at radius 3 is 2.75 bits per heavy atom. The van der Waals surface area contributed by atoms with Crippen molar-refractivity contribution in [1.29, 1.82) is 0 Å². The molecule has 0 aliphatic carbocycles. The lowest BCUT2D eigenvalue weighted by Gasteiger charge is -2.10. The number of halogens is 1. The van der Waals surface area contributed by atoms with E-state index in [0.717, 1.165) is 29.2 Å². The molecule has 1 heterocycles. The summed E-state index contributed by atoms with van der Waals surface area (Å²) < 4.78 is 5.78. The molecule has 0 atom stereocenters. The van der Waals surface area contributed by atoms with Crippen molar-refractivity contribution in [2.24, 2.45) is 0 Å². The first kappa shape index (κ1) is 14.8. The Labute approximate surface area is 124 Å². The van der Waals surface area contributed by atoms with E-state index < -0.39 is 0 Å². The van der Waals surface area contributed by atoms with Crippen LogP contribution >= 0.6 is 11.6 Å². The largest absolute Gasteiger partial charge is 0.473 e. The minimum Gasteiger partial charge on any atom is -0.473 e. The van der Waals surface area contributed by atoms with Crippen LogP contribution in [0.2, 0.25) is 5.02 Å². The quantitative estimate of drug-likeness (QED) is 0.883. The summed E-state index contributed by atoms with van der Waals surface area (Å²) in [6.45, 7) is 3.37. The summed E-state index contributed by atoms with van der Waals surface area (Å²) in [6, 6.07) is 11.7. The second-order valence-corrected chi connectivity index (χ2v) is 5.04. The first-order chi connectivity index (χ1) is 9.71. The van der Waals surface area contributed by atoms with Gasteiger partial charge in [-0.2, -0.15) is 0 Å². The topological polar surface area (TPSA) is 34.1 Å². The molecule has 2 rings (SSSR count). The highest BCUT2D eigenvalue weighted by Crippen LogP contribution is 2.16. The van der Waals surface area contributed by atoms with Crippen molar-refractivity contribution < 1.29 is 4.74 Å². The molecule has 0 aliphatic heterocycles. The van der Waals surface area contributed by atoms with E-state index in [1.165, 1.54) is 5.56 Å². The molecular formula is C16H19ClN2O. The van der Waals surface area contributed by atoms with Crippen LogP contribution in [0.3, 0.4) is 0 Å². The SMILES string of the molecule is CCc1cc(CNC)cc(OCc2cccc(Cl)c2)n1. The van der Waals surface area contributed by atoms with Gasteiger partial charge in [0.2, 0.25) is 5.88 Å². The average Bonchev–Trinajstić information content (AvgIpc) is 2.45. The predicted molar refractivity (Wildman–Crippen MR) is 82.2 cm³/mol. The molecule has 1 aromatic heterocycles. The highest BCUT2D eigenvalue weighted by molar-refractivity contribution is 6.30. The Hall–Kier alpha value is -1.58. The first-order valence-electron chi connectivity index (χ1n) is 6.73. The fourth-order valence-electron chi connectivity index (χ4n) is 1.97. The second-order valence-electron chi connectivity index (χ2n) is 4.61. The summed E-state index contributed by atoms with van der Waals surface area (Å²) in [6.07, 6.45) is 0.894. The molecule has 4 heteroatoms. The summed E-state index contributed by atoms with van der Waals surface area (Å²) in [5.74, 6) is 0.662. The summed E-state index contributed by atoms with van der Waals surface area (Å²) in [4.78, 5) is 4.49. The summed E-state index contributed by atoms with van der Waals surface area (Å²) >= 11 is 5.96. The van der Waals surface area contributed by atoms with E-state index in [1.54, 1.807) is 0 Å². The maximum Gasteiger partial charge on any atom is 0.214 e. The van der Waals surface area contributed by atoms with E-state index in [1.807, 2.05) is 37.4 Å². The minimum atomic E-state index is 0.472. The molecule has 20 heavy (non-hydrogen) atoms. The Kier molecular flexibility index (Phi) is 5.39. The number of hydrogen-bond acceptors (Lipinski definition) is 3. The Morgan fingerprint density at radius 1 is 1.20 bits per heavy atom. The highest BCUT2D eigenvalue weighted by Gasteiger charge is 2.03. The van der Waals surface area contributed by atoms with E-state index in [2.05, 4.69) is 23.3 Å². The summed E-state index contributed by atoms with van der Waals surface area (Å²) in [7, 11) is 1.93. The number of nitrogens with zero attached hydrogens (tertiary/aromatic N) is 1. The lowest BCUT2D eigenvalue weighted by Crippen LogP contribution is -2.07. The van der Waals surface area contributed by atoms with Crippen LogP contribution < -0.4 is 10.1 Å². The molecule has 0 aliphatic rings. The predicted octanol–water partition coefficient (Wildman–Crippen LogP) is 3.60. The standard InChI is InChI=1S/C16H19ClN2O/c1-3-15-8-13(10-18-2)9-16(19-15)20-11-12-5-4-6-14(17)7-12/h4-9,18H,3,10-11H2,1-2H3. The lowest BCUT2D eigenvalue weighted by molar-refractivity contribution is 0.292. The molecule has 0 saturated heterocycles. The van der Waals surface area contributed by atoms with Gasteiger partial charge in [0.15, 0.2) is 0 Å². The van der Waals surface area contributed by atoms with Crippen LogP contribution in [0.5, 0.6) is 5.88 Å². The van der Waals surface area contributed by atoms with Crippen molar-refractivity contribution in [1.82, 2.24) is 10.3 Å². The molecule has 1 aromatic carbocycles. The zero-order valence-electron chi connectivity index (χ0n) is 11.8. The molecule has 0 bridgehead atoms. The number of benzene rings is 1. The smallest absolute Gasteiger partial charge is 0.214 e. The Morgan fingerprint density at radius 2 is 2.05 bits per heavy atom. The van der Waals surface area contributed by atoms with Gasteiger partial charge in [0.25, 0.3) is 0 Å². The van der Waals surface area contributed by atoms with E-state index in [9.17, 15) is 0 Å². The Bertz CT molecular complexity index is 572. The number of hydrogen-bond donors (Lipinski definition) is 1. The van der Waals surface area contributed by atoms with Crippen LogP contribution in [-0.2, 0) is 19.6 Å². The summed E-state index contributed by atoms with van der Waals surface area (Å²) in [5.41, 5.74) is 3.26. The zero-order valence-corrected chi connectivity index (χ0v) is 12.6. The molecule has 0 amide bonds. The van der Waals surface area contributed by atoms with E-state index >= 15 is 0 Å². The summed E-state index contributed by atoms with van der Waals surface area (Å²) in [5, 5.41) is 3.86. The molecule has 2 aromatic rings. The molecule has 1 N–H and O–H groups in total. The van der Waals surface area contributed by atoms with Crippen molar-refractivity contribution >= 4 is 11.6 Å². The van der Waals surface area contributed by atoms with Crippen LogP contribution in [0.4, 0.5) is 0 Å². The van der Waals surface area contributed by atoms with Crippen LogP contribution in [0.1, 0.15) is 23.7 Å². The number of pyridine rings is 1. The molecule has 0 saturated carbocycles. The second kappa shape index (κ2) is 7.27. The van der Waals surface area contributed by atoms with Crippen LogP contribution in [0, 0.1) is 0 Å². The van der Waals surface area contributed by atoms with E-state index in [0.29, 0.717) is 12.5 Å². The van der Waals surface area contributed by atoms with Crippen molar-refractivity contribution in [2.75, 3.05) is 7.05 Å². The fourth-order valence-corrected chi connectivity index (χ4v) is 2.18. The molecule has 0 unspecified atom stereocenters. The van der Waals surface area contributed by atoms with Crippen LogP contribution in [-0.4, -0.2) is 12.0 Å². The van der Waals surface area contributed by atoms with Crippen LogP contribution in [0.25, 0.3) is 0 Å². The maximum absolute atomic E-state index is 5.96. The van der Waals surface area contributed by atoms with Gasteiger partial charge in [-0.1, -0.05) is 30.7 Å². The first-order valence-corrected chi connectivity index (χ1v) is 7.10. The highest BCUT2D eigenvalue weighted by atomic mass is 35.5. The number of nitrogens with one attached hydrogen (secondary N) is 1. The third kappa shape index (κ3) is 4.22. The third-order valence-electron chi connectivity index (χ3n) is 2.93. The molecule has 3 nitrogen and oxygen atoms in total. The van der Waals surface area contributed by atoms with Gasteiger partial charge in [-0.3, -0.25) is 0 Å². The van der Waals surface area contributed by atoms with Crippen molar-refractivity contribution in [3.63, 3.8) is 0 Å². The molecule has 106 valence electrons. The van der Waals surface area contributed by atoms with Crippen molar-refractivity contribution in [3.05, 3.63) is 58.2 Å². The average molecular weight is 291 g/mol. The fraction of sp³-hybridized carbons (Fsp3) is 0.312. The number of ether oxygens (including phenoxy) is 1. The van der Waals surface area contributed by atoms with Gasteiger partial charge in [-0.25, -0.2) is 4.98 Å². The van der Waals surface area contributed by atoms with Crippen molar-refractivity contribution in [2.45, 2.75) is 26.5 Å². The lowest BCUT2D eigenvalue weighted by atomic mass is 10.2. The van der Waals surface area contributed by atoms with Gasteiger partial charge < -0.3 is 10.1 Å². The van der Waals surface area contributed by atoms with E-state index in [-0.39, 0.29) is 0 Å². The third-order valence-corrected chi connectivity index (χ3v) is 3.17. The van der Waals surface area contributed by atoms with Gasteiger partial charge in [0.05, 0.1) is 0 Å². The van der Waals surface area contributed by atoms with Crippen LogP contribution in [0.15, 0.2) is 36.4 Å². The van der Waals surface area contributed by atoms with Gasteiger partial charge in [-0.05, 0) is 42.8 Å². The van der Waals surface area contributed by atoms with Crippen molar-refractivity contribution in [3.8, 4) is 5.88 Å². The van der Waals surface area contributed by atoms with E-state index in [4.69, 9.17) is 16.3 Å². The normalized spacial score (nSPS) is 10.6. The minimum absolute atomic E-state index is 0.472. The maximum atomic E-state index is 5.96. The number of rotatable bonds is 6. The van der Waals surface area contributed by atoms with Gasteiger partial charge in [0.1, 0.15) is 6.61 Å². The molecule has 0 radical (unpaired) electrons. The van der Waals surface area contributed by atoms with Gasteiger partial charge >= 0.3 is 0 Å². The van der Waals surface area contributed by atoms with Gasteiger partial charge in [0, 0.05) is 23.3 Å². The zero-order chi connectivity index (χ0) is 14.4. The molecule has 0 fully saturated rings. The Balaban J connectivity index is 2.10. The van der Waals surface area contributed by atoms with Gasteiger partial charge in [-0.15, -0.1) is 0 Å². The molecule has 0 spiro atoms.